The molecule has 1 spiro atoms. The molecule has 0 amide bonds. The highest BCUT2D eigenvalue weighted by Gasteiger charge is 2.52. The molecule has 0 heterocycles. The van der Waals surface area contributed by atoms with Gasteiger partial charge in [0, 0.05) is 0 Å². The highest BCUT2D eigenvalue weighted by atomic mass is 14.5. The Hall–Kier alpha value is -6.50. The maximum Gasteiger partial charge on any atom is 0.0726 e. The van der Waals surface area contributed by atoms with Crippen LogP contribution in [0.1, 0.15) is 22.3 Å². The Bertz CT molecular complexity index is 2960. The lowest BCUT2D eigenvalue weighted by atomic mass is 9.69. The molecule has 0 saturated carbocycles. The fourth-order valence-corrected chi connectivity index (χ4v) is 9.88. The van der Waals surface area contributed by atoms with Gasteiger partial charge >= 0.3 is 0 Å². The summed E-state index contributed by atoms with van der Waals surface area (Å²) in [5.74, 6) is 0. The molecule has 0 saturated heterocycles. The summed E-state index contributed by atoms with van der Waals surface area (Å²) in [6.07, 6.45) is 0. The van der Waals surface area contributed by atoms with Crippen LogP contribution in [0.3, 0.4) is 0 Å². The fraction of sp³-hybridized carbons (Fsp3) is 0.0196. The zero-order valence-electron chi connectivity index (χ0n) is 27.8. The van der Waals surface area contributed by atoms with E-state index in [4.69, 9.17) is 0 Å². The van der Waals surface area contributed by atoms with Gasteiger partial charge in [0.15, 0.2) is 0 Å². The van der Waals surface area contributed by atoms with Crippen LogP contribution in [0.25, 0.3) is 87.6 Å². The molecule has 51 heavy (non-hydrogen) atoms. The third-order valence-corrected chi connectivity index (χ3v) is 11.9. The minimum absolute atomic E-state index is 0.447. The van der Waals surface area contributed by atoms with E-state index in [-0.39, 0.29) is 0 Å². The van der Waals surface area contributed by atoms with Crippen LogP contribution in [0.4, 0.5) is 0 Å². The largest absolute Gasteiger partial charge is 0.0726 e. The summed E-state index contributed by atoms with van der Waals surface area (Å²) in [6, 6.07) is 68.8. The second kappa shape index (κ2) is 9.81. The van der Waals surface area contributed by atoms with Crippen molar-refractivity contribution in [3.05, 3.63) is 204 Å². The second-order valence-corrected chi connectivity index (χ2v) is 14.4. The van der Waals surface area contributed by atoms with Crippen LogP contribution in [-0.4, -0.2) is 0 Å². The summed E-state index contributed by atoms with van der Waals surface area (Å²) < 4.78 is 0. The van der Waals surface area contributed by atoms with Gasteiger partial charge in [-0.15, -0.1) is 0 Å². The lowest BCUT2D eigenvalue weighted by Crippen LogP contribution is -2.26. The van der Waals surface area contributed by atoms with Gasteiger partial charge in [-0.2, -0.15) is 0 Å². The minimum atomic E-state index is -0.447. The van der Waals surface area contributed by atoms with Gasteiger partial charge in [-0.05, 0) is 146 Å². The molecule has 234 valence electrons. The highest BCUT2D eigenvalue weighted by Crippen LogP contribution is 2.65. The van der Waals surface area contributed by atoms with Crippen molar-refractivity contribution < 1.29 is 0 Å². The molecule has 0 atom stereocenters. The van der Waals surface area contributed by atoms with E-state index < -0.39 is 5.41 Å². The molecule has 0 bridgehead atoms. The standard InChI is InChI=1S/C51H30/c1-2-11-31(12-3-1)42-28-39(38-25-36-23-21-32-15-10-16-33-22-24-37(26-38)49(36)48(32)33)30-47-50(42)43-27-34-13-4-5-14-35(34)29-46(43)51(47)44-19-8-6-17-40(44)41-18-7-9-20-45(41)51/h1-30H. The SMILES string of the molecule is c1ccc(-c2cc(-c3cc4ccc5cccc6ccc(c3)c4c56)cc3c2-c2cc4ccccc4cc2C32c3ccccc3-c3ccccc32)cc1. The number of hydrogen-bond acceptors (Lipinski definition) is 0. The van der Waals surface area contributed by atoms with E-state index in [2.05, 4.69) is 182 Å². The van der Waals surface area contributed by atoms with Gasteiger partial charge in [0.25, 0.3) is 0 Å². The average molecular weight is 643 g/mol. The number of hydrogen-bond donors (Lipinski definition) is 0. The average Bonchev–Trinajstić information content (AvgIpc) is 3.66. The molecule has 0 aliphatic heterocycles. The molecular weight excluding hydrogens is 613 g/mol. The normalized spacial score (nSPS) is 13.6. The van der Waals surface area contributed by atoms with Crippen molar-refractivity contribution in [2.75, 3.05) is 0 Å². The van der Waals surface area contributed by atoms with Crippen LogP contribution in [0.15, 0.2) is 182 Å². The van der Waals surface area contributed by atoms with Crippen molar-refractivity contribution in [2.45, 2.75) is 5.41 Å². The van der Waals surface area contributed by atoms with Gasteiger partial charge in [0.1, 0.15) is 0 Å². The summed E-state index contributed by atoms with van der Waals surface area (Å²) in [5.41, 5.74) is 15.4. The zero-order chi connectivity index (χ0) is 33.3. The van der Waals surface area contributed by atoms with Crippen LogP contribution >= 0.6 is 0 Å². The first-order valence-electron chi connectivity index (χ1n) is 17.9. The van der Waals surface area contributed by atoms with Gasteiger partial charge in [-0.3, -0.25) is 0 Å². The van der Waals surface area contributed by atoms with Crippen molar-refractivity contribution in [1.82, 2.24) is 0 Å². The maximum absolute atomic E-state index is 2.54. The van der Waals surface area contributed by atoms with Crippen molar-refractivity contribution in [1.29, 1.82) is 0 Å². The highest BCUT2D eigenvalue weighted by molar-refractivity contribution is 6.23. The van der Waals surface area contributed by atoms with E-state index in [9.17, 15) is 0 Å². The Kier molecular flexibility index (Phi) is 5.26. The number of fused-ring (bicyclic) bond motifs is 11. The topological polar surface area (TPSA) is 0 Å². The first kappa shape index (κ1) is 27.3. The first-order valence-corrected chi connectivity index (χ1v) is 17.9. The molecule has 0 fully saturated rings. The third-order valence-electron chi connectivity index (χ3n) is 11.9. The fourth-order valence-electron chi connectivity index (χ4n) is 9.88. The molecule has 0 N–H and O–H groups in total. The van der Waals surface area contributed by atoms with E-state index in [1.54, 1.807) is 0 Å². The van der Waals surface area contributed by atoms with Gasteiger partial charge in [-0.1, -0.05) is 146 Å². The Morgan fingerprint density at radius 1 is 0.255 bits per heavy atom. The van der Waals surface area contributed by atoms with Crippen molar-refractivity contribution >= 4 is 43.1 Å². The van der Waals surface area contributed by atoms with Crippen molar-refractivity contribution in [3.63, 3.8) is 0 Å². The second-order valence-electron chi connectivity index (χ2n) is 14.4. The van der Waals surface area contributed by atoms with Crippen molar-refractivity contribution in [2.24, 2.45) is 0 Å². The molecule has 0 radical (unpaired) electrons. The van der Waals surface area contributed by atoms with E-state index in [0.29, 0.717) is 0 Å². The van der Waals surface area contributed by atoms with Gasteiger partial charge in [0.05, 0.1) is 5.41 Å². The van der Waals surface area contributed by atoms with E-state index >= 15 is 0 Å². The molecule has 0 nitrogen and oxygen atoms in total. The summed E-state index contributed by atoms with van der Waals surface area (Å²) >= 11 is 0. The smallest absolute Gasteiger partial charge is 0.0622 e. The summed E-state index contributed by atoms with van der Waals surface area (Å²) in [4.78, 5) is 0. The van der Waals surface area contributed by atoms with E-state index in [0.717, 1.165) is 0 Å². The van der Waals surface area contributed by atoms with Crippen LogP contribution in [0, 0.1) is 0 Å². The molecule has 10 aromatic rings. The van der Waals surface area contributed by atoms with Gasteiger partial charge in [-0.25, -0.2) is 0 Å². The Morgan fingerprint density at radius 2 is 0.784 bits per heavy atom. The summed E-state index contributed by atoms with van der Waals surface area (Å²) in [7, 11) is 0. The molecule has 10 aromatic carbocycles. The van der Waals surface area contributed by atoms with Gasteiger partial charge < -0.3 is 0 Å². The van der Waals surface area contributed by atoms with E-state index in [1.165, 1.54) is 110 Å². The Morgan fingerprint density at radius 3 is 1.47 bits per heavy atom. The van der Waals surface area contributed by atoms with Crippen molar-refractivity contribution in [3.8, 4) is 44.5 Å². The monoisotopic (exact) mass is 642 g/mol. The molecule has 0 heteroatoms. The quantitative estimate of drug-likeness (QED) is 0.165. The Balaban J connectivity index is 1.24. The summed E-state index contributed by atoms with van der Waals surface area (Å²) in [5, 5.41) is 10.4. The van der Waals surface area contributed by atoms with Gasteiger partial charge in [0.2, 0.25) is 0 Å². The van der Waals surface area contributed by atoms with Crippen LogP contribution in [0.5, 0.6) is 0 Å². The summed E-state index contributed by atoms with van der Waals surface area (Å²) in [6.45, 7) is 0. The number of rotatable bonds is 2. The Labute approximate surface area is 296 Å². The molecular formula is C51H30. The molecule has 12 rings (SSSR count). The van der Waals surface area contributed by atoms with Crippen LogP contribution in [0.2, 0.25) is 0 Å². The predicted molar refractivity (Wildman–Crippen MR) is 215 cm³/mol. The maximum atomic E-state index is 2.54. The lowest BCUT2D eigenvalue weighted by Gasteiger charge is -2.31. The third kappa shape index (κ3) is 3.49. The predicted octanol–water partition coefficient (Wildman–Crippen LogP) is 13.4. The van der Waals surface area contributed by atoms with E-state index in [1.807, 2.05) is 0 Å². The molecule has 2 aliphatic rings. The number of benzene rings is 10. The molecule has 0 unspecified atom stereocenters. The zero-order valence-corrected chi connectivity index (χ0v) is 27.8. The van der Waals surface area contributed by atoms with Crippen LogP contribution in [-0.2, 0) is 5.41 Å². The first-order chi connectivity index (χ1) is 25.3. The minimum Gasteiger partial charge on any atom is -0.0622 e. The molecule has 2 aliphatic carbocycles. The lowest BCUT2D eigenvalue weighted by molar-refractivity contribution is 0.795. The molecule has 0 aromatic heterocycles. The van der Waals surface area contributed by atoms with Crippen LogP contribution < -0.4 is 0 Å².